The Labute approximate surface area is 76.8 Å². The van der Waals surface area contributed by atoms with Crippen molar-refractivity contribution in [2.75, 3.05) is 13.2 Å². The lowest BCUT2D eigenvalue weighted by molar-refractivity contribution is -0.0668. The van der Waals surface area contributed by atoms with Gasteiger partial charge >= 0.3 is 0 Å². The first kappa shape index (κ1) is 9.15. The molecule has 0 bridgehead atoms. The fourth-order valence-corrected chi connectivity index (χ4v) is 2.00. The third-order valence-electron chi connectivity index (χ3n) is 2.68. The standard InChI is InChI=1S/C9H14O4/c1-2-3-9(11)5-13-7-6(10)4-12-8(7)9/h2,6-8,10-11H,1,3-5H2/t6-,7-,8+,9+/m1/s1. The van der Waals surface area contributed by atoms with Gasteiger partial charge in [-0.3, -0.25) is 0 Å². The number of hydrogen-bond donors (Lipinski definition) is 2. The topological polar surface area (TPSA) is 58.9 Å². The van der Waals surface area contributed by atoms with Crippen molar-refractivity contribution in [3.8, 4) is 0 Å². The molecule has 74 valence electrons. The first-order valence-electron chi connectivity index (χ1n) is 4.42. The van der Waals surface area contributed by atoms with Crippen LogP contribution in [0.4, 0.5) is 0 Å². The Morgan fingerprint density at radius 3 is 3.00 bits per heavy atom. The number of fused-ring (bicyclic) bond motifs is 1. The van der Waals surface area contributed by atoms with Crippen LogP contribution in [0.2, 0.25) is 0 Å². The van der Waals surface area contributed by atoms with Crippen LogP contribution in [0.15, 0.2) is 12.7 Å². The first-order valence-corrected chi connectivity index (χ1v) is 4.42. The van der Waals surface area contributed by atoms with Crippen LogP contribution < -0.4 is 0 Å². The molecule has 2 aliphatic rings. The zero-order valence-corrected chi connectivity index (χ0v) is 7.35. The maximum atomic E-state index is 10.0. The normalized spacial score (nSPS) is 49.2. The number of rotatable bonds is 2. The summed E-state index contributed by atoms with van der Waals surface area (Å²) in [4.78, 5) is 0. The molecule has 0 aromatic carbocycles. The van der Waals surface area contributed by atoms with E-state index in [1.54, 1.807) is 6.08 Å². The summed E-state index contributed by atoms with van der Waals surface area (Å²) >= 11 is 0. The van der Waals surface area contributed by atoms with Gasteiger partial charge in [0.2, 0.25) is 0 Å². The second-order valence-electron chi connectivity index (χ2n) is 3.69. The minimum atomic E-state index is -0.996. The monoisotopic (exact) mass is 186 g/mol. The quantitative estimate of drug-likeness (QED) is 0.568. The maximum Gasteiger partial charge on any atom is 0.120 e. The Hall–Kier alpha value is -0.420. The average Bonchev–Trinajstić information content (AvgIpc) is 2.58. The molecule has 0 unspecified atom stereocenters. The largest absolute Gasteiger partial charge is 0.388 e. The molecule has 0 radical (unpaired) electrons. The van der Waals surface area contributed by atoms with Gasteiger partial charge in [0.25, 0.3) is 0 Å². The smallest absolute Gasteiger partial charge is 0.120 e. The van der Waals surface area contributed by atoms with Gasteiger partial charge in [-0.15, -0.1) is 6.58 Å². The lowest BCUT2D eigenvalue weighted by atomic mass is 9.93. The predicted octanol–water partition coefficient (Wildman–Crippen LogP) is -0.548. The van der Waals surface area contributed by atoms with E-state index in [1.165, 1.54) is 0 Å². The molecule has 2 rings (SSSR count). The van der Waals surface area contributed by atoms with Crippen LogP contribution in [0.1, 0.15) is 6.42 Å². The van der Waals surface area contributed by atoms with E-state index in [1.807, 2.05) is 0 Å². The van der Waals surface area contributed by atoms with Crippen LogP contribution in [0, 0.1) is 0 Å². The van der Waals surface area contributed by atoms with Gasteiger partial charge in [0.15, 0.2) is 0 Å². The summed E-state index contributed by atoms with van der Waals surface area (Å²) in [6.45, 7) is 4.03. The molecule has 2 heterocycles. The molecule has 13 heavy (non-hydrogen) atoms. The van der Waals surface area contributed by atoms with Crippen molar-refractivity contribution in [2.45, 2.75) is 30.3 Å². The molecule has 4 nitrogen and oxygen atoms in total. The van der Waals surface area contributed by atoms with Gasteiger partial charge in [-0.25, -0.2) is 0 Å². The summed E-state index contributed by atoms with van der Waals surface area (Å²) in [7, 11) is 0. The van der Waals surface area contributed by atoms with Gasteiger partial charge in [-0.05, 0) is 6.42 Å². The molecule has 4 heteroatoms. The molecule has 0 spiro atoms. The van der Waals surface area contributed by atoms with Crippen LogP contribution in [0.5, 0.6) is 0 Å². The zero-order chi connectivity index (χ0) is 9.47. The molecule has 2 N–H and O–H groups in total. The number of aliphatic hydroxyl groups excluding tert-OH is 1. The lowest BCUT2D eigenvalue weighted by Crippen LogP contribution is -2.43. The third-order valence-corrected chi connectivity index (χ3v) is 2.68. The molecular formula is C9H14O4. The first-order chi connectivity index (χ1) is 6.17. The highest BCUT2D eigenvalue weighted by molar-refractivity contribution is 5.06. The van der Waals surface area contributed by atoms with E-state index in [-0.39, 0.29) is 19.3 Å². The minimum absolute atomic E-state index is 0.214. The Balaban J connectivity index is 2.13. The van der Waals surface area contributed by atoms with E-state index in [2.05, 4.69) is 6.58 Å². The SMILES string of the molecule is C=CC[C@]1(O)CO[C@@H]2[C@H](O)CO[C@@H]21. The molecule has 0 aromatic heterocycles. The molecule has 0 saturated carbocycles. The maximum absolute atomic E-state index is 10.0. The predicted molar refractivity (Wildman–Crippen MR) is 45.3 cm³/mol. The Morgan fingerprint density at radius 1 is 1.54 bits per heavy atom. The van der Waals surface area contributed by atoms with Gasteiger partial charge < -0.3 is 19.7 Å². The highest BCUT2D eigenvalue weighted by Crippen LogP contribution is 2.36. The zero-order valence-electron chi connectivity index (χ0n) is 7.35. The van der Waals surface area contributed by atoms with E-state index in [9.17, 15) is 10.2 Å². The molecule has 4 atom stereocenters. The summed E-state index contributed by atoms with van der Waals surface area (Å²) in [6.07, 6.45) is 0.690. The summed E-state index contributed by atoms with van der Waals surface area (Å²) < 4.78 is 10.6. The van der Waals surface area contributed by atoms with Crippen LogP contribution in [-0.2, 0) is 9.47 Å². The fourth-order valence-electron chi connectivity index (χ4n) is 2.00. The summed E-state index contributed by atoms with van der Waals surface area (Å²) in [5.41, 5.74) is -0.996. The van der Waals surface area contributed by atoms with Gasteiger partial charge in [0.1, 0.15) is 23.9 Å². The fraction of sp³-hybridized carbons (Fsp3) is 0.778. The summed E-state index contributed by atoms with van der Waals surface area (Å²) in [5, 5.41) is 19.5. The summed E-state index contributed by atoms with van der Waals surface area (Å²) in [5.74, 6) is 0. The van der Waals surface area contributed by atoms with Gasteiger partial charge in [-0.2, -0.15) is 0 Å². The number of ether oxygens (including phenoxy) is 2. The van der Waals surface area contributed by atoms with E-state index in [0.717, 1.165) is 0 Å². The number of hydrogen-bond acceptors (Lipinski definition) is 4. The van der Waals surface area contributed by atoms with E-state index < -0.39 is 17.8 Å². The minimum Gasteiger partial charge on any atom is -0.388 e. The van der Waals surface area contributed by atoms with Crippen LogP contribution in [0.3, 0.4) is 0 Å². The van der Waals surface area contributed by atoms with Crippen LogP contribution in [0.25, 0.3) is 0 Å². The molecule has 2 saturated heterocycles. The summed E-state index contributed by atoms with van der Waals surface area (Å²) in [6, 6.07) is 0. The number of aliphatic hydroxyl groups is 2. The third kappa shape index (κ3) is 1.30. The second-order valence-corrected chi connectivity index (χ2v) is 3.69. The van der Waals surface area contributed by atoms with Gasteiger partial charge in [-0.1, -0.05) is 6.08 Å². The average molecular weight is 186 g/mol. The highest BCUT2D eigenvalue weighted by atomic mass is 16.6. The van der Waals surface area contributed by atoms with Crippen molar-refractivity contribution >= 4 is 0 Å². The van der Waals surface area contributed by atoms with E-state index >= 15 is 0 Å². The van der Waals surface area contributed by atoms with Crippen molar-refractivity contribution in [1.82, 2.24) is 0 Å². The van der Waals surface area contributed by atoms with E-state index in [4.69, 9.17) is 9.47 Å². The molecule has 2 aliphatic heterocycles. The lowest BCUT2D eigenvalue weighted by Gasteiger charge is -2.24. The van der Waals surface area contributed by atoms with Crippen molar-refractivity contribution in [3.05, 3.63) is 12.7 Å². The Kier molecular flexibility index (Phi) is 2.15. The second kappa shape index (κ2) is 3.06. The van der Waals surface area contributed by atoms with Crippen LogP contribution in [-0.4, -0.2) is 47.3 Å². The Bertz CT molecular complexity index is 218. The van der Waals surface area contributed by atoms with Crippen molar-refractivity contribution in [3.63, 3.8) is 0 Å². The van der Waals surface area contributed by atoms with Crippen LogP contribution >= 0.6 is 0 Å². The molecule has 0 aromatic rings. The van der Waals surface area contributed by atoms with Gasteiger partial charge in [0, 0.05) is 0 Å². The van der Waals surface area contributed by atoms with E-state index in [0.29, 0.717) is 6.42 Å². The van der Waals surface area contributed by atoms with Crippen molar-refractivity contribution in [2.24, 2.45) is 0 Å². The van der Waals surface area contributed by atoms with Crippen molar-refractivity contribution < 1.29 is 19.7 Å². The highest BCUT2D eigenvalue weighted by Gasteiger charge is 2.54. The molecular weight excluding hydrogens is 172 g/mol. The molecule has 2 fully saturated rings. The molecule has 0 aliphatic carbocycles. The van der Waals surface area contributed by atoms with Crippen molar-refractivity contribution in [1.29, 1.82) is 0 Å². The van der Waals surface area contributed by atoms with Gasteiger partial charge in [0.05, 0.1) is 13.2 Å². The Morgan fingerprint density at radius 2 is 2.31 bits per heavy atom. The molecule has 0 amide bonds.